The Morgan fingerprint density at radius 2 is 2.17 bits per heavy atom. The van der Waals surface area contributed by atoms with Crippen LogP contribution >= 0.6 is 0 Å². The fraction of sp³-hybridized carbons (Fsp3) is 0.769. The minimum absolute atomic E-state index is 0.185. The van der Waals surface area contributed by atoms with Crippen LogP contribution in [0.3, 0.4) is 0 Å². The maximum atomic E-state index is 12.8. The summed E-state index contributed by atoms with van der Waals surface area (Å²) >= 11 is 0. The number of ketones is 1. The molecule has 0 atom stereocenters. The Morgan fingerprint density at radius 3 is 2.78 bits per heavy atom. The number of piperidine rings is 1. The van der Waals surface area contributed by atoms with Crippen molar-refractivity contribution in [3.05, 3.63) is 12.2 Å². The van der Waals surface area contributed by atoms with Gasteiger partial charge in [0.15, 0.2) is 5.82 Å². The van der Waals surface area contributed by atoms with Crippen LogP contribution in [0.15, 0.2) is 6.33 Å². The number of Topliss-reactive ketones (excluding diaryl/α,β-unsaturated/α-hetero) is 1. The molecule has 0 amide bonds. The molecule has 0 spiro atoms. The highest BCUT2D eigenvalue weighted by atomic mass is 16.1. The van der Waals surface area contributed by atoms with Gasteiger partial charge in [0.2, 0.25) is 5.78 Å². The van der Waals surface area contributed by atoms with Crippen LogP contribution in [-0.4, -0.2) is 33.6 Å². The van der Waals surface area contributed by atoms with Gasteiger partial charge in [0.1, 0.15) is 6.33 Å². The van der Waals surface area contributed by atoms with Crippen molar-refractivity contribution < 1.29 is 4.79 Å². The summed E-state index contributed by atoms with van der Waals surface area (Å²) in [5, 5.41) is 7.44. The van der Waals surface area contributed by atoms with Gasteiger partial charge in [-0.1, -0.05) is 13.3 Å². The lowest BCUT2D eigenvalue weighted by Crippen LogP contribution is -2.43. The van der Waals surface area contributed by atoms with Crippen LogP contribution in [0.25, 0.3) is 0 Å². The number of nitrogens with one attached hydrogen (secondary N) is 1. The van der Waals surface area contributed by atoms with Crippen molar-refractivity contribution in [2.45, 2.75) is 46.1 Å². The van der Waals surface area contributed by atoms with Gasteiger partial charge in [-0.25, -0.2) is 9.67 Å². The average molecular weight is 250 g/mol. The van der Waals surface area contributed by atoms with E-state index < -0.39 is 0 Å². The molecule has 5 nitrogen and oxygen atoms in total. The van der Waals surface area contributed by atoms with Gasteiger partial charge in [-0.15, -0.1) is 0 Å². The quantitative estimate of drug-likeness (QED) is 0.807. The van der Waals surface area contributed by atoms with Gasteiger partial charge in [0.25, 0.3) is 0 Å². The lowest BCUT2D eigenvalue weighted by Gasteiger charge is -2.35. The molecule has 1 saturated heterocycles. The Balaban J connectivity index is 2.28. The molecular formula is C13H22N4O. The Labute approximate surface area is 108 Å². The van der Waals surface area contributed by atoms with E-state index in [0.29, 0.717) is 12.4 Å². The molecule has 1 aromatic heterocycles. The SMILES string of the molecule is CCCC1(C(=O)c2ncnn2CC)CCNCC1. The van der Waals surface area contributed by atoms with Crippen molar-refractivity contribution in [3.8, 4) is 0 Å². The van der Waals surface area contributed by atoms with E-state index >= 15 is 0 Å². The molecule has 0 unspecified atom stereocenters. The first kappa shape index (κ1) is 13.2. The van der Waals surface area contributed by atoms with Crippen molar-refractivity contribution in [1.29, 1.82) is 0 Å². The summed E-state index contributed by atoms with van der Waals surface area (Å²) in [4.78, 5) is 17.0. The van der Waals surface area contributed by atoms with E-state index in [0.717, 1.165) is 38.8 Å². The van der Waals surface area contributed by atoms with E-state index in [2.05, 4.69) is 22.3 Å². The summed E-state index contributed by atoms with van der Waals surface area (Å²) in [7, 11) is 0. The number of nitrogens with zero attached hydrogens (tertiary/aromatic N) is 3. The van der Waals surface area contributed by atoms with Crippen LogP contribution in [0.5, 0.6) is 0 Å². The van der Waals surface area contributed by atoms with Crippen molar-refractivity contribution in [1.82, 2.24) is 20.1 Å². The molecule has 2 rings (SSSR count). The van der Waals surface area contributed by atoms with Crippen LogP contribution in [0, 0.1) is 5.41 Å². The summed E-state index contributed by atoms with van der Waals surface area (Å²) in [5.74, 6) is 0.720. The summed E-state index contributed by atoms with van der Waals surface area (Å²) in [6.45, 7) is 6.67. The van der Waals surface area contributed by atoms with E-state index in [-0.39, 0.29) is 11.2 Å². The van der Waals surface area contributed by atoms with Crippen LogP contribution < -0.4 is 5.32 Å². The van der Waals surface area contributed by atoms with Gasteiger partial charge in [-0.2, -0.15) is 5.10 Å². The number of carbonyl (C=O) groups is 1. The number of aryl methyl sites for hydroxylation is 1. The largest absolute Gasteiger partial charge is 0.317 e. The van der Waals surface area contributed by atoms with Crippen LogP contribution in [0.4, 0.5) is 0 Å². The van der Waals surface area contributed by atoms with E-state index in [9.17, 15) is 4.79 Å². The van der Waals surface area contributed by atoms with Gasteiger partial charge in [-0.3, -0.25) is 4.79 Å². The molecular weight excluding hydrogens is 228 g/mol. The highest BCUT2D eigenvalue weighted by molar-refractivity contribution is 5.97. The van der Waals surface area contributed by atoms with Gasteiger partial charge in [0, 0.05) is 12.0 Å². The number of rotatable bonds is 5. The second-order valence-corrected chi connectivity index (χ2v) is 5.01. The third-order valence-electron chi connectivity index (χ3n) is 3.89. The van der Waals surface area contributed by atoms with Gasteiger partial charge >= 0.3 is 0 Å². The van der Waals surface area contributed by atoms with Crippen LogP contribution in [0.2, 0.25) is 0 Å². The first-order chi connectivity index (χ1) is 8.73. The second kappa shape index (κ2) is 5.61. The van der Waals surface area contributed by atoms with Crippen molar-refractivity contribution in [2.75, 3.05) is 13.1 Å². The Morgan fingerprint density at radius 1 is 1.44 bits per heavy atom. The highest BCUT2D eigenvalue weighted by Gasteiger charge is 2.40. The molecule has 100 valence electrons. The predicted molar refractivity (Wildman–Crippen MR) is 69.5 cm³/mol. The first-order valence-electron chi connectivity index (χ1n) is 6.87. The first-order valence-corrected chi connectivity index (χ1v) is 6.87. The van der Waals surface area contributed by atoms with E-state index in [4.69, 9.17) is 0 Å². The smallest absolute Gasteiger partial charge is 0.205 e. The molecule has 2 heterocycles. The normalized spacial score (nSPS) is 18.8. The third kappa shape index (κ3) is 2.32. The van der Waals surface area contributed by atoms with Crippen molar-refractivity contribution in [3.63, 3.8) is 0 Å². The number of aromatic nitrogens is 3. The highest BCUT2D eigenvalue weighted by Crippen LogP contribution is 2.37. The van der Waals surface area contributed by atoms with Gasteiger partial charge in [0.05, 0.1) is 0 Å². The van der Waals surface area contributed by atoms with E-state index in [1.54, 1.807) is 4.68 Å². The molecule has 0 radical (unpaired) electrons. The van der Waals surface area contributed by atoms with Gasteiger partial charge in [-0.05, 0) is 39.3 Å². The average Bonchev–Trinajstić information content (AvgIpc) is 2.87. The Bertz CT molecular complexity index is 401. The van der Waals surface area contributed by atoms with E-state index in [1.807, 2.05) is 6.92 Å². The summed E-state index contributed by atoms with van der Waals surface area (Å²) < 4.78 is 1.71. The van der Waals surface area contributed by atoms with Crippen molar-refractivity contribution in [2.24, 2.45) is 5.41 Å². The van der Waals surface area contributed by atoms with Crippen LogP contribution in [0.1, 0.15) is 50.1 Å². The standard InChI is InChI=1S/C13H22N4O/c1-3-5-13(6-8-14-9-7-13)11(18)12-15-10-16-17(12)4-2/h10,14H,3-9H2,1-2H3. The maximum absolute atomic E-state index is 12.8. The molecule has 1 aliphatic rings. The van der Waals surface area contributed by atoms with Crippen molar-refractivity contribution >= 4 is 5.78 Å². The summed E-state index contributed by atoms with van der Waals surface area (Å²) in [6, 6.07) is 0. The second-order valence-electron chi connectivity index (χ2n) is 5.01. The molecule has 0 aliphatic carbocycles. The Kier molecular flexibility index (Phi) is 4.11. The fourth-order valence-corrected chi connectivity index (χ4v) is 2.88. The molecule has 1 aliphatic heterocycles. The minimum Gasteiger partial charge on any atom is -0.317 e. The topological polar surface area (TPSA) is 59.8 Å². The predicted octanol–water partition coefficient (Wildman–Crippen LogP) is 1.65. The molecule has 18 heavy (non-hydrogen) atoms. The minimum atomic E-state index is -0.222. The molecule has 1 N–H and O–H groups in total. The zero-order valence-corrected chi connectivity index (χ0v) is 11.3. The molecule has 0 aromatic carbocycles. The summed E-state index contributed by atoms with van der Waals surface area (Å²) in [5.41, 5.74) is -0.222. The van der Waals surface area contributed by atoms with Crippen LogP contribution in [-0.2, 0) is 6.54 Å². The lowest BCUT2D eigenvalue weighted by atomic mass is 9.72. The maximum Gasteiger partial charge on any atom is 0.205 e. The molecule has 5 heteroatoms. The summed E-state index contributed by atoms with van der Waals surface area (Å²) in [6.07, 6.45) is 5.29. The molecule has 1 fully saturated rings. The lowest BCUT2D eigenvalue weighted by molar-refractivity contribution is 0.0686. The van der Waals surface area contributed by atoms with E-state index in [1.165, 1.54) is 6.33 Å². The zero-order valence-electron chi connectivity index (χ0n) is 11.3. The molecule has 1 aromatic rings. The number of hydrogen-bond donors (Lipinski definition) is 1. The zero-order chi connectivity index (χ0) is 13.0. The number of hydrogen-bond acceptors (Lipinski definition) is 4. The Hall–Kier alpha value is -1.23. The third-order valence-corrected chi connectivity index (χ3v) is 3.89. The monoisotopic (exact) mass is 250 g/mol. The number of carbonyl (C=O) groups excluding carboxylic acids is 1. The molecule has 0 bridgehead atoms. The molecule has 0 saturated carbocycles. The van der Waals surface area contributed by atoms with Gasteiger partial charge < -0.3 is 5.32 Å². The fourth-order valence-electron chi connectivity index (χ4n) is 2.88.